The van der Waals surface area contributed by atoms with Crippen molar-refractivity contribution < 1.29 is 19.7 Å². The second-order valence-electron chi connectivity index (χ2n) is 9.37. The monoisotopic (exact) mass is 486 g/mol. The van der Waals surface area contributed by atoms with Crippen LogP contribution in [0.1, 0.15) is 53.4 Å². The molecular formula is C29H46N2O4. The van der Waals surface area contributed by atoms with Gasteiger partial charge in [0.15, 0.2) is 0 Å². The van der Waals surface area contributed by atoms with E-state index in [1.165, 1.54) is 0 Å². The number of unbranched alkanes of at least 4 members (excludes halogenated alkanes) is 2. The predicted octanol–water partition coefficient (Wildman–Crippen LogP) is 5.39. The van der Waals surface area contributed by atoms with Crippen molar-refractivity contribution in [3.63, 3.8) is 0 Å². The molecular weight excluding hydrogens is 440 g/mol. The summed E-state index contributed by atoms with van der Waals surface area (Å²) in [5.41, 5.74) is 3.07. The molecule has 2 aromatic rings. The lowest BCUT2D eigenvalue weighted by Crippen LogP contribution is -2.39. The summed E-state index contributed by atoms with van der Waals surface area (Å²) in [6.07, 6.45) is 3.04. The Balaban J connectivity index is 2.10. The van der Waals surface area contributed by atoms with E-state index in [-0.39, 0.29) is 6.04 Å². The number of hydrogen-bond donors (Lipinski definition) is 2. The third-order valence-electron chi connectivity index (χ3n) is 5.89. The average Bonchev–Trinajstić information content (AvgIpc) is 2.87. The van der Waals surface area contributed by atoms with Crippen molar-refractivity contribution in [2.45, 2.75) is 71.6 Å². The van der Waals surface area contributed by atoms with Gasteiger partial charge < -0.3 is 29.5 Å². The lowest BCUT2D eigenvalue weighted by molar-refractivity contribution is 0.0386. The minimum Gasteiger partial charge on any atom is -0.389 e. The van der Waals surface area contributed by atoms with Crippen LogP contribution in [0, 0.1) is 0 Å². The van der Waals surface area contributed by atoms with Gasteiger partial charge in [-0.2, -0.15) is 0 Å². The lowest BCUT2D eigenvalue weighted by Gasteiger charge is -2.32. The molecule has 6 nitrogen and oxygen atoms in total. The van der Waals surface area contributed by atoms with Crippen molar-refractivity contribution in [2.75, 3.05) is 49.3 Å². The summed E-state index contributed by atoms with van der Waals surface area (Å²) in [5.74, 6) is 0. The van der Waals surface area contributed by atoms with Gasteiger partial charge in [0.2, 0.25) is 0 Å². The van der Waals surface area contributed by atoms with Gasteiger partial charge in [-0.25, -0.2) is 0 Å². The summed E-state index contributed by atoms with van der Waals surface area (Å²) in [5, 5.41) is 21.2. The summed E-state index contributed by atoms with van der Waals surface area (Å²) >= 11 is 0. The number of aliphatic hydroxyl groups excluding tert-OH is 2. The van der Waals surface area contributed by atoms with Crippen molar-refractivity contribution in [3.8, 4) is 0 Å². The Labute approximate surface area is 212 Å². The Morgan fingerprint density at radius 1 is 0.686 bits per heavy atom. The molecule has 6 heteroatoms. The van der Waals surface area contributed by atoms with Gasteiger partial charge in [-0.3, -0.25) is 0 Å². The normalized spacial score (nSPS) is 13.1. The fourth-order valence-electron chi connectivity index (χ4n) is 3.88. The molecule has 2 unspecified atom stereocenters. The average molecular weight is 487 g/mol. The van der Waals surface area contributed by atoms with Crippen molar-refractivity contribution >= 4 is 17.1 Å². The molecule has 0 aliphatic rings. The molecule has 0 heterocycles. The zero-order chi connectivity index (χ0) is 25.5. The van der Waals surface area contributed by atoms with Crippen molar-refractivity contribution in [1.29, 1.82) is 0 Å². The highest BCUT2D eigenvalue weighted by atomic mass is 16.5. The molecule has 2 aromatic carbocycles. The Kier molecular flexibility index (Phi) is 13.8. The highest BCUT2D eigenvalue weighted by molar-refractivity contribution is 5.66. The van der Waals surface area contributed by atoms with Crippen LogP contribution in [0.2, 0.25) is 0 Å². The third-order valence-corrected chi connectivity index (χ3v) is 5.89. The van der Waals surface area contributed by atoms with E-state index in [1.54, 1.807) is 0 Å². The van der Waals surface area contributed by atoms with E-state index in [1.807, 2.05) is 30.3 Å². The number of hydrogen-bond acceptors (Lipinski definition) is 6. The van der Waals surface area contributed by atoms with Crippen LogP contribution in [0.25, 0.3) is 0 Å². The van der Waals surface area contributed by atoms with Gasteiger partial charge in [0, 0.05) is 42.9 Å². The van der Waals surface area contributed by atoms with Crippen LogP contribution in [0.15, 0.2) is 54.6 Å². The number of ether oxygens (including phenoxy) is 2. The van der Waals surface area contributed by atoms with Gasteiger partial charge in [-0.05, 0) is 63.1 Å². The number of rotatable bonds is 18. The van der Waals surface area contributed by atoms with Crippen molar-refractivity contribution in [3.05, 3.63) is 54.6 Å². The summed E-state index contributed by atoms with van der Waals surface area (Å²) < 4.78 is 11.3. The fraction of sp³-hybridized carbons (Fsp3) is 0.586. The summed E-state index contributed by atoms with van der Waals surface area (Å²) in [7, 11) is 0. The second kappa shape index (κ2) is 16.5. The zero-order valence-electron chi connectivity index (χ0n) is 22.1. The van der Waals surface area contributed by atoms with E-state index in [4.69, 9.17) is 9.47 Å². The number of aliphatic hydroxyl groups is 2. The van der Waals surface area contributed by atoms with Gasteiger partial charge in [0.05, 0.1) is 32.0 Å². The first-order chi connectivity index (χ1) is 17.0. The molecule has 35 heavy (non-hydrogen) atoms. The van der Waals surface area contributed by atoms with Crippen LogP contribution in [0.3, 0.4) is 0 Å². The number of benzene rings is 2. The molecule has 0 amide bonds. The second-order valence-corrected chi connectivity index (χ2v) is 9.37. The molecule has 0 aliphatic heterocycles. The van der Waals surface area contributed by atoms with Gasteiger partial charge in [0.25, 0.3) is 0 Å². The first kappa shape index (κ1) is 29.1. The molecule has 0 bridgehead atoms. The molecule has 2 rings (SSSR count). The van der Waals surface area contributed by atoms with E-state index in [0.717, 1.165) is 42.7 Å². The molecule has 0 aliphatic carbocycles. The Hall–Kier alpha value is -2.12. The number of para-hydroxylation sites is 1. The fourth-order valence-corrected chi connectivity index (χ4v) is 3.88. The molecule has 0 aromatic heterocycles. The highest BCUT2D eigenvalue weighted by Gasteiger charge is 2.18. The van der Waals surface area contributed by atoms with E-state index in [9.17, 15) is 10.2 Å². The Morgan fingerprint density at radius 3 is 1.69 bits per heavy atom. The van der Waals surface area contributed by atoms with Gasteiger partial charge in [-0.1, -0.05) is 44.9 Å². The largest absolute Gasteiger partial charge is 0.389 e. The van der Waals surface area contributed by atoms with E-state index in [0.29, 0.717) is 39.5 Å². The SMILES string of the molecule is CCCCOCC(O)CN(c1ccccc1)c1ccc(N(CC(O)COCCCC)C(C)C)cc1. The quantitative estimate of drug-likeness (QED) is 0.275. The molecule has 0 spiro atoms. The highest BCUT2D eigenvalue weighted by Crippen LogP contribution is 2.28. The lowest BCUT2D eigenvalue weighted by atomic mass is 10.1. The summed E-state index contributed by atoms with van der Waals surface area (Å²) in [4.78, 5) is 4.31. The number of nitrogens with zero attached hydrogens (tertiary/aromatic N) is 2. The number of anilines is 3. The van der Waals surface area contributed by atoms with Gasteiger partial charge in [-0.15, -0.1) is 0 Å². The zero-order valence-corrected chi connectivity index (χ0v) is 22.1. The van der Waals surface area contributed by atoms with Gasteiger partial charge >= 0.3 is 0 Å². The summed E-state index contributed by atoms with van der Waals surface area (Å²) in [6.45, 7) is 11.5. The molecule has 2 atom stereocenters. The minimum atomic E-state index is -0.596. The Bertz CT molecular complexity index is 785. The molecule has 0 saturated heterocycles. The van der Waals surface area contributed by atoms with Gasteiger partial charge in [0.1, 0.15) is 0 Å². The van der Waals surface area contributed by atoms with E-state index >= 15 is 0 Å². The van der Waals surface area contributed by atoms with Crippen LogP contribution < -0.4 is 9.80 Å². The maximum Gasteiger partial charge on any atom is 0.0952 e. The molecule has 2 N–H and O–H groups in total. The van der Waals surface area contributed by atoms with Crippen molar-refractivity contribution in [2.24, 2.45) is 0 Å². The molecule has 0 fully saturated rings. The van der Waals surface area contributed by atoms with E-state index < -0.39 is 12.2 Å². The third kappa shape index (κ3) is 10.6. The van der Waals surface area contributed by atoms with Crippen LogP contribution in [0.4, 0.5) is 17.1 Å². The van der Waals surface area contributed by atoms with Crippen LogP contribution in [-0.4, -0.2) is 68.0 Å². The first-order valence-electron chi connectivity index (χ1n) is 13.2. The maximum atomic E-state index is 10.6. The van der Waals surface area contributed by atoms with Crippen LogP contribution in [0.5, 0.6) is 0 Å². The smallest absolute Gasteiger partial charge is 0.0952 e. The minimum absolute atomic E-state index is 0.235. The van der Waals surface area contributed by atoms with Crippen LogP contribution >= 0.6 is 0 Å². The molecule has 196 valence electrons. The molecule has 0 radical (unpaired) electrons. The Morgan fingerprint density at radius 2 is 1.17 bits per heavy atom. The summed E-state index contributed by atoms with van der Waals surface area (Å²) in [6, 6.07) is 18.7. The topological polar surface area (TPSA) is 65.4 Å². The maximum absolute atomic E-state index is 10.6. The van der Waals surface area contributed by atoms with Crippen molar-refractivity contribution in [1.82, 2.24) is 0 Å². The standard InChI is InChI=1S/C29H46N2O4/c1-5-7-18-34-22-28(32)20-30(24(3)4)26-14-16-27(17-15-26)31(25-12-10-9-11-13-25)21-29(33)23-35-19-8-6-2/h9-17,24,28-29,32-33H,5-8,18-23H2,1-4H3. The molecule has 0 saturated carbocycles. The predicted molar refractivity (Wildman–Crippen MR) is 146 cm³/mol. The first-order valence-corrected chi connectivity index (χ1v) is 13.2. The van der Waals surface area contributed by atoms with E-state index in [2.05, 4.69) is 61.8 Å². The van der Waals surface area contributed by atoms with Crippen LogP contribution in [-0.2, 0) is 9.47 Å².